The zero-order chi connectivity index (χ0) is 6.69. The molecule has 0 saturated carbocycles. The maximum Gasteiger partial charge on any atom is 0.103 e. The van der Waals surface area contributed by atoms with Crippen molar-refractivity contribution in [2.45, 2.75) is 13.5 Å². The number of aromatic amines is 1. The number of nitrogens with zero attached hydrogens (tertiary/aromatic N) is 1. The molecular formula is C6H11N3. The van der Waals surface area contributed by atoms with Gasteiger partial charge in [-0.2, -0.15) is 0 Å². The number of rotatable bonds is 2. The van der Waals surface area contributed by atoms with Crippen molar-refractivity contribution in [1.29, 1.82) is 0 Å². The third kappa shape index (κ3) is 1.54. The normalized spacial score (nSPS) is 10.0. The van der Waals surface area contributed by atoms with E-state index in [2.05, 4.69) is 15.3 Å². The molecule has 0 aromatic carbocycles. The summed E-state index contributed by atoms with van der Waals surface area (Å²) in [6.45, 7) is 2.81. The molecule has 0 aliphatic carbocycles. The van der Waals surface area contributed by atoms with Crippen LogP contribution < -0.4 is 5.32 Å². The summed E-state index contributed by atoms with van der Waals surface area (Å²) in [5.74, 6) is 0.972. The maximum atomic E-state index is 4.04. The first kappa shape index (κ1) is 6.29. The minimum Gasteiger partial charge on any atom is -0.345 e. The first-order valence-corrected chi connectivity index (χ1v) is 2.98. The van der Waals surface area contributed by atoms with Gasteiger partial charge in [-0.15, -0.1) is 0 Å². The third-order valence-electron chi connectivity index (χ3n) is 1.12. The predicted octanol–water partition coefficient (Wildman–Crippen LogP) is 0.438. The van der Waals surface area contributed by atoms with Gasteiger partial charge in [0.05, 0.1) is 0 Å². The summed E-state index contributed by atoms with van der Waals surface area (Å²) in [5.41, 5.74) is 1.13. The number of hydrogen-bond donors (Lipinski definition) is 2. The molecule has 1 aromatic rings. The molecule has 0 amide bonds. The molecule has 0 bridgehead atoms. The lowest BCUT2D eigenvalue weighted by Crippen LogP contribution is -2.04. The zero-order valence-corrected chi connectivity index (χ0v) is 5.73. The Kier molecular flexibility index (Phi) is 1.85. The van der Waals surface area contributed by atoms with Crippen LogP contribution in [-0.2, 0) is 6.54 Å². The van der Waals surface area contributed by atoms with E-state index >= 15 is 0 Å². The van der Waals surface area contributed by atoms with Crippen LogP contribution in [0.2, 0.25) is 0 Å². The first-order chi connectivity index (χ1) is 4.33. The quantitative estimate of drug-likeness (QED) is 0.602. The summed E-state index contributed by atoms with van der Waals surface area (Å²) in [6, 6.07) is 0. The molecule has 0 atom stereocenters. The van der Waals surface area contributed by atoms with Gasteiger partial charge in [0.15, 0.2) is 0 Å². The van der Waals surface area contributed by atoms with E-state index in [1.165, 1.54) is 0 Å². The Balaban J connectivity index is 2.61. The summed E-state index contributed by atoms with van der Waals surface area (Å²) in [4.78, 5) is 7.14. The second-order valence-electron chi connectivity index (χ2n) is 2.02. The van der Waals surface area contributed by atoms with E-state index in [0.29, 0.717) is 0 Å². The van der Waals surface area contributed by atoms with Crippen LogP contribution in [0.4, 0.5) is 0 Å². The molecule has 50 valence electrons. The van der Waals surface area contributed by atoms with Gasteiger partial charge in [-0.05, 0) is 14.0 Å². The fraction of sp³-hybridized carbons (Fsp3) is 0.500. The summed E-state index contributed by atoms with van der Waals surface area (Å²) in [7, 11) is 1.91. The zero-order valence-electron chi connectivity index (χ0n) is 5.73. The number of imidazole rings is 1. The van der Waals surface area contributed by atoms with Gasteiger partial charge in [-0.3, -0.25) is 0 Å². The van der Waals surface area contributed by atoms with E-state index in [0.717, 1.165) is 18.1 Å². The fourth-order valence-corrected chi connectivity index (χ4v) is 0.752. The molecule has 2 N–H and O–H groups in total. The summed E-state index contributed by atoms with van der Waals surface area (Å²) in [6.07, 6.45) is 1.84. The van der Waals surface area contributed by atoms with Crippen molar-refractivity contribution in [2.75, 3.05) is 7.05 Å². The minimum absolute atomic E-state index is 0.862. The van der Waals surface area contributed by atoms with Crippen LogP contribution in [0.15, 0.2) is 6.20 Å². The molecule has 1 rings (SSSR count). The van der Waals surface area contributed by atoms with Crippen molar-refractivity contribution in [3.8, 4) is 0 Å². The van der Waals surface area contributed by atoms with Crippen LogP contribution >= 0.6 is 0 Å². The van der Waals surface area contributed by atoms with Crippen molar-refractivity contribution in [3.63, 3.8) is 0 Å². The lowest BCUT2D eigenvalue weighted by molar-refractivity contribution is 0.795. The van der Waals surface area contributed by atoms with Gasteiger partial charge in [0.1, 0.15) is 5.82 Å². The Morgan fingerprint density at radius 2 is 2.56 bits per heavy atom. The third-order valence-corrected chi connectivity index (χ3v) is 1.12. The SMILES string of the molecule is CNCc1cnc(C)[nH]1. The summed E-state index contributed by atoms with van der Waals surface area (Å²) in [5, 5.41) is 3.03. The molecule has 0 aliphatic heterocycles. The van der Waals surface area contributed by atoms with Crippen molar-refractivity contribution in [2.24, 2.45) is 0 Å². The minimum atomic E-state index is 0.862. The molecule has 1 heterocycles. The molecule has 3 nitrogen and oxygen atoms in total. The predicted molar refractivity (Wildman–Crippen MR) is 36.1 cm³/mol. The van der Waals surface area contributed by atoms with Crippen molar-refractivity contribution in [3.05, 3.63) is 17.7 Å². The van der Waals surface area contributed by atoms with Crippen LogP contribution in [0.25, 0.3) is 0 Å². The van der Waals surface area contributed by atoms with Crippen LogP contribution in [0.5, 0.6) is 0 Å². The standard InChI is InChI=1S/C6H11N3/c1-5-8-4-6(9-5)3-7-2/h4,7H,3H2,1-2H3,(H,8,9). The Hall–Kier alpha value is -0.830. The number of nitrogens with one attached hydrogen (secondary N) is 2. The Morgan fingerprint density at radius 1 is 1.78 bits per heavy atom. The second kappa shape index (κ2) is 2.64. The van der Waals surface area contributed by atoms with E-state index in [4.69, 9.17) is 0 Å². The van der Waals surface area contributed by atoms with Gasteiger partial charge in [0, 0.05) is 18.4 Å². The number of aryl methyl sites for hydroxylation is 1. The van der Waals surface area contributed by atoms with Crippen LogP contribution in [-0.4, -0.2) is 17.0 Å². The van der Waals surface area contributed by atoms with Crippen LogP contribution in [0.1, 0.15) is 11.5 Å². The molecule has 0 saturated heterocycles. The average molecular weight is 125 g/mol. The van der Waals surface area contributed by atoms with Crippen LogP contribution in [0, 0.1) is 6.92 Å². The highest BCUT2D eigenvalue weighted by molar-refractivity contribution is 4.98. The smallest absolute Gasteiger partial charge is 0.103 e. The molecule has 0 unspecified atom stereocenters. The second-order valence-corrected chi connectivity index (χ2v) is 2.02. The van der Waals surface area contributed by atoms with E-state index in [9.17, 15) is 0 Å². The number of hydrogen-bond acceptors (Lipinski definition) is 2. The summed E-state index contributed by atoms with van der Waals surface area (Å²) < 4.78 is 0. The topological polar surface area (TPSA) is 40.7 Å². The fourth-order valence-electron chi connectivity index (χ4n) is 0.752. The molecular weight excluding hydrogens is 114 g/mol. The Morgan fingerprint density at radius 3 is 3.00 bits per heavy atom. The van der Waals surface area contributed by atoms with Gasteiger partial charge in [-0.25, -0.2) is 4.98 Å². The molecule has 0 fully saturated rings. The largest absolute Gasteiger partial charge is 0.345 e. The maximum absolute atomic E-state index is 4.04. The van der Waals surface area contributed by atoms with Gasteiger partial charge >= 0.3 is 0 Å². The average Bonchev–Trinajstić information content (AvgIpc) is 2.17. The van der Waals surface area contributed by atoms with Crippen molar-refractivity contribution >= 4 is 0 Å². The number of aromatic nitrogens is 2. The van der Waals surface area contributed by atoms with E-state index in [-0.39, 0.29) is 0 Å². The molecule has 1 aromatic heterocycles. The highest BCUT2D eigenvalue weighted by Gasteiger charge is 1.91. The van der Waals surface area contributed by atoms with Crippen molar-refractivity contribution in [1.82, 2.24) is 15.3 Å². The molecule has 3 heteroatoms. The Labute approximate surface area is 54.5 Å². The van der Waals surface area contributed by atoms with E-state index in [1.54, 1.807) is 0 Å². The van der Waals surface area contributed by atoms with E-state index in [1.807, 2.05) is 20.2 Å². The summed E-state index contributed by atoms with van der Waals surface area (Å²) >= 11 is 0. The van der Waals surface area contributed by atoms with E-state index < -0.39 is 0 Å². The molecule has 0 radical (unpaired) electrons. The van der Waals surface area contributed by atoms with Crippen molar-refractivity contribution < 1.29 is 0 Å². The highest BCUT2D eigenvalue weighted by atomic mass is 14.9. The lowest BCUT2D eigenvalue weighted by Gasteiger charge is -1.90. The van der Waals surface area contributed by atoms with Gasteiger partial charge in [0.25, 0.3) is 0 Å². The van der Waals surface area contributed by atoms with Crippen LogP contribution in [0.3, 0.4) is 0 Å². The molecule has 9 heavy (non-hydrogen) atoms. The monoisotopic (exact) mass is 125 g/mol. The van der Waals surface area contributed by atoms with Gasteiger partial charge in [0.2, 0.25) is 0 Å². The Bertz CT molecular complexity index is 180. The molecule has 0 spiro atoms. The van der Waals surface area contributed by atoms with Gasteiger partial charge < -0.3 is 10.3 Å². The molecule has 0 aliphatic rings. The number of H-pyrrole nitrogens is 1. The van der Waals surface area contributed by atoms with Gasteiger partial charge in [-0.1, -0.05) is 0 Å². The lowest BCUT2D eigenvalue weighted by atomic mass is 10.5. The highest BCUT2D eigenvalue weighted by Crippen LogP contribution is 1.92. The first-order valence-electron chi connectivity index (χ1n) is 2.98.